The van der Waals surface area contributed by atoms with Gasteiger partial charge in [0.2, 0.25) is 5.91 Å². The van der Waals surface area contributed by atoms with Gasteiger partial charge in [0.1, 0.15) is 6.61 Å². The summed E-state index contributed by atoms with van der Waals surface area (Å²) in [6.45, 7) is 3.94. The summed E-state index contributed by atoms with van der Waals surface area (Å²) in [6.07, 6.45) is -2.82. The van der Waals surface area contributed by atoms with E-state index in [0.717, 1.165) is 39.1 Å². The van der Waals surface area contributed by atoms with Gasteiger partial charge in [-0.25, -0.2) is 0 Å². The summed E-state index contributed by atoms with van der Waals surface area (Å²) in [4.78, 5) is 17.5. The van der Waals surface area contributed by atoms with Crippen LogP contribution in [0.1, 0.15) is 11.3 Å². The Morgan fingerprint density at radius 2 is 1.96 bits per heavy atom. The minimum absolute atomic E-state index is 0.0376. The third kappa shape index (κ3) is 8.98. The van der Waals surface area contributed by atoms with E-state index in [1.807, 2.05) is 11.4 Å². The molecule has 1 amide bonds. The molecule has 0 unspecified atom stereocenters. The molecule has 0 aliphatic carbocycles. The maximum Gasteiger partial charge on any atom is 0.411 e. The van der Waals surface area contributed by atoms with Gasteiger partial charge in [-0.1, -0.05) is 6.07 Å². The molecule has 0 aromatic carbocycles. The van der Waals surface area contributed by atoms with Crippen LogP contribution in [0, 0.1) is 0 Å². The number of nitrogens with zero attached hydrogens (tertiary/aromatic N) is 2. The fourth-order valence-corrected chi connectivity index (χ4v) is 3.50. The molecule has 0 radical (unpaired) electrons. The van der Waals surface area contributed by atoms with Crippen molar-refractivity contribution in [2.75, 3.05) is 59.0 Å². The number of carbonyl (C=O) groups is 1. The lowest BCUT2D eigenvalue weighted by atomic mass is 10.3. The summed E-state index contributed by atoms with van der Waals surface area (Å²) in [5.41, 5.74) is 0. The summed E-state index contributed by atoms with van der Waals surface area (Å²) in [5.74, 6) is 0.0376. The van der Waals surface area contributed by atoms with E-state index in [2.05, 4.69) is 25.9 Å². The van der Waals surface area contributed by atoms with Crippen LogP contribution in [0.4, 0.5) is 13.2 Å². The van der Waals surface area contributed by atoms with Crippen molar-refractivity contribution in [3.63, 3.8) is 0 Å². The monoisotopic (exact) mass is 393 g/mol. The number of carbonyl (C=O) groups excluding carboxylic acids is 1. The molecule has 1 N–H and O–H groups in total. The molecule has 0 spiro atoms. The van der Waals surface area contributed by atoms with Crippen molar-refractivity contribution >= 4 is 17.2 Å². The SMILES string of the molecule is O=C(CN1CCN(CCCOCC(F)(F)F)CC1)NCCc1cccs1. The highest BCUT2D eigenvalue weighted by atomic mass is 32.1. The van der Waals surface area contributed by atoms with Crippen LogP contribution in [0.2, 0.25) is 0 Å². The maximum absolute atomic E-state index is 12.0. The minimum atomic E-state index is -4.25. The van der Waals surface area contributed by atoms with Gasteiger partial charge in [-0.15, -0.1) is 11.3 Å². The van der Waals surface area contributed by atoms with E-state index in [9.17, 15) is 18.0 Å². The van der Waals surface area contributed by atoms with E-state index >= 15 is 0 Å². The number of hydrogen-bond donors (Lipinski definition) is 1. The van der Waals surface area contributed by atoms with Gasteiger partial charge in [-0.2, -0.15) is 13.2 Å². The normalized spacial score (nSPS) is 16.7. The summed E-state index contributed by atoms with van der Waals surface area (Å²) in [6, 6.07) is 4.06. The van der Waals surface area contributed by atoms with Gasteiger partial charge < -0.3 is 15.0 Å². The molecule has 1 fully saturated rings. The molecule has 1 aromatic rings. The minimum Gasteiger partial charge on any atom is -0.372 e. The molecule has 2 rings (SSSR count). The lowest BCUT2D eigenvalue weighted by Crippen LogP contribution is -2.49. The Hall–Kier alpha value is -1.16. The fourth-order valence-electron chi connectivity index (χ4n) is 2.79. The van der Waals surface area contributed by atoms with Gasteiger partial charge in [0.25, 0.3) is 0 Å². The highest BCUT2D eigenvalue weighted by molar-refractivity contribution is 7.09. The first kappa shape index (κ1) is 21.1. The number of piperazine rings is 1. The molecule has 5 nitrogen and oxygen atoms in total. The topological polar surface area (TPSA) is 44.8 Å². The molecule has 0 bridgehead atoms. The summed E-state index contributed by atoms with van der Waals surface area (Å²) >= 11 is 1.69. The van der Waals surface area contributed by atoms with Gasteiger partial charge >= 0.3 is 6.18 Å². The first-order valence-corrected chi connectivity index (χ1v) is 9.68. The second-order valence-electron chi connectivity index (χ2n) is 6.32. The number of halogens is 3. The standard InChI is InChI=1S/C17H26F3N3O2S/c18-17(19,20)14-25-11-2-6-22-7-9-23(10-8-22)13-16(24)21-5-4-15-3-1-12-26-15/h1,3,12H,2,4-11,13-14H2,(H,21,24). The van der Waals surface area contributed by atoms with E-state index < -0.39 is 12.8 Å². The van der Waals surface area contributed by atoms with Crippen molar-refractivity contribution in [3.05, 3.63) is 22.4 Å². The fraction of sp³-hybridized carbons (Fsp3) is 0.706. The van der Waals surface area contributed by atoms with Crippen LogP contribution in [0.5, 0.6) is 0 Å². The predicted molar refractivity (Wildman–Crippen MR) is 95.4 cm³/mol. The lowest BCUT2D eigenvalue weighted by Gasteiger charge is -2.34. The molecule has 2 heterocycles. The number of nitrogens with one attached hydrogen (secondary N) is 1. The molecule has 1 aromatic heterocycles. The molecular formula is C17H26F3N3O2S. The Balaban J connectivity index is 1.49. The zero-order valence-electron chi connectivity index (χ0n) is 14.8. The van der Waals surface area contributed by atoms with Crippen LogP contribution < -0.4 is 5.32 Å². The number of amides is 1. The van der Waals surface area contributed by atoms with Gasteiger partial charge in [0.15, 0.2) is 0 Å². The number of thiophene rings is 1. The zero-order chi connectivity index (χ0) is 18.8. The van der Waals surface area contributed by atoms with Crippen molar-refractivity contribution < 1.29 is 22.7 Å². The zero-order valence-corrected chi connectivity index (χ0v) is 15.6. The second kappa shape index (κ2) is 10.9. The highest BCUT2D eigenvalue weighted by Gasteiger charge is 2.27. The Labute approximate surface area is 156 Å². The Bertz CT molecular complexity index is 518. The van der Waals surface area contributed by atoms with Gasteiger partial charge in [0, 0.05) is 50.8 Å². The Kier molecular flexibility index (Phi) is 8.83. The molecule has 26 heavy (non-hydrogen) atoms. The molecule has 9 heteroatoms. The lowest BCUT2D eigenvalue weighted by molar-refractivity contribution is -0.174. The molecular weight excluding hydrogens is 367 g/mol. The summed E-state index contributed by atoms with van der Waals surface area (Å²) in [5, 5.41) is 4.97. The second-order valence-corrected chi connectivity index (χ2v) is 7.35. The molecule has 1 aliphatic heterocycles. The average molecular weight is 393 g/mol. The summed E-state index contributed by atoms with van der Waals surface area (Å²) in [7, 11) is 0. The van der Waals surface area contributed by atoms with E-state index in [-0.39, 0.29) is 12.5 Å². The summed E-state index contributed by atoms with van der Waals surface area (Å²) < 4.78 is 40.5. The van der Waals surface area contributed by atoms with Crippen molar-refractivity contribution in [3.8, 4) is 0 Å². The van der Waals surface area contributed by atoms with E-state index in [1.165, 1.54) is 4.88 Å². The van der Waals surface area contributed by atoms with Crippen molar-refractivity contribution in [1.82, 2.24) is 15.1 Å². The maximum atomic E-state index is 12.0. The predicted octanol–water partition coefficient (Wildman–Crippen LogP) is 1.99. The molecule has 148 valence electrons. The number of ether oxygens (including phenoxy) is 1. The van der Waals surface area contributed by atoms with Crippen LogP contribution in [0.25, 0.3) is 0 Å². The third-order valence-electron chi connectivity index (χ3n) is 4.13. The van der Waals surface area contributed by atoms with E-state index in [4.69, 9.17) is 0 Å². The highest BCUT2D eigenvalue weighted by Crippen LogP contribution is 2.14. The van der Waals surface area contributed by atoms with Gasteiger partial charge in [-0.05, 0) is 24.3 Å². The van der Waals surface area contributed by atoms with Crippen LogP contribution in [0.3, 0.4) is 0 Å². The molecule has 1 saturated heterocycles. The molecule has 0 saturated carbocycles. The van der Waals surface area contributed by atoms with Crippen LogP contribution in [0.15, 0.2) is 17.5 Å². The number of rotatable bonds is 10. The first-order chi connectivity index (χ1) is 12.4. The van der Waals surface area contributed by atoms with Gasteiger partial charge in [-0.3, -0.25) is 9.69 Å². The quantitative estimate of drug-likeness (QED) is 0.618. The van der Waals surface area contributed by atoms with E-state index in [0.29, 0.717) is 19.5 Å². The largest absolute Gasteiger partial charge is 0.411 e. The van der Waals surface area contributed by atoms with Crippen LogP contribution in [-0.2, 0) is 16.0 Å². The van der Waals surface area contributed by atoms with E-state index in [1.54, 1.807) is 11.3 Å². The number of alkyl halides is 3. The molecule has 0 atom stereocenters. The van der Waals surface area contributed by atoms with Crippen LogP contribution >= 0.6 is 11.3 Å². The van der Waals surface area contributed by atoms with Crippen molar-refractivity contribution in [2.45, 2.75) is 19.0 Å². The third-order valence-corrected chi connectivity index (χ3v) is 5.07. The molecule has 1 aliphatic rings. The first-order valence-electron chi connectivity index (χ1n) is 8.81. The number of hydrogen-bond acceptors (Lipinski definition) is 5. The Morgan fingerprint density at radius 1 is 1.23 bits per heavy atom. The van der Waals surface area contributed by atoms with Gasteiger partial charge in [0.05, 0.1) is 6.54 Å². The smallest absolute Gasteiger partial charge is 0.372 e. The van der Waals surface area contributed by atoms with Crippen molar-refractivity contribution in [1.29, 1.82) is 0 Å². The Morgan fingerprint density at radius 3 is 2.62 bits per heavy atom. The van der Waals surface area contributed by atoms with Crippen molar-refractivity contribution in [2.24, 2.45) is 0 Å². The average Bonchev–Trinajstić information content (AvgIpc) is 3.08. The van der Waals surface area contributed by atoms with Crippen LogP contribution in [-0.4, -0.2) is 80.9 Å².